The van der Waals surface area contributed by atoms with E-state index in [0.717, 1.165) is 28.0 Å². The van der Waals surface area contributed by atoms with Crippen LogP contribution in [0.2, 0.25) is 5.02 Å². The number of carboxylic acid groups (broad SMARTS) is 1. The molecule has 19 heteroatoms. The van der Waals surface area contributed by atoms with Gasteiger partial charge in [0.25, 0.3) is 0 Å². The molecule has 6 N–H and O–H groups in total. The van der Waals surface area contributed by atoms with Crippen LogP contribution in [0, 0.1) is 12.8 Å². The van der Waals surface area contributed by atoms with E-state index in [2.05, 4.69) is 15.3 Å². The number of rotatable bonds is 13. The number of nitrogens with two attached hydrogens (primary N) is 1. The molecule has 6 rings (SSSR count). The predicted octanol–water partition coefficient (Wildman–Crippen LogP) is 5.55. The van der Waals surface area contributed by atoms with E-state index in [0.29, 0.717) is 35.8 Å². The fourth-order valence-corrected chi connectivity index (χ4v) is 8.73. The van der Waals surface area contributed by atoms with Crippen LogP contribution in [0.25, 0.3) is 0 Å². The van der Waals surface area contributed by atoms with Gasteiger partial charge in [-0.05, 0) is 90.6 Å². The van der Waals surface area contributed by atoms with Gasteiger partial charge in [0.15, 0.2) is 0 Å². The third kappa shape index (κ3) is 8.60. The van der Waals surface area contributed by atoms with Gasteiger partial charge < -0.3 is 24.9 Å². The predicted molar refractivity (Wildman–Crippen MR) is 190 cm³/mol. The van der Waals surface area contributed by atoms with Crippen molar-refractivity contribution in [1.29, 1.82) is 0 Å². The largest absolute Gasteiger partial charge is 0.478 e. The number of aromatic carboxylic acids is 1. The molecular formula is C33H34ClN4O11PS2. The van der Waals surface area contributed by atoms with Crippen LogP contribution in [0.15, 0.2) is 48.9 Å². The highest BCUT2D eigenvalue weighted by Crippen LogP contribution is 2.47. The monoisotopic (exact) mass is 792 g/mol. The Bertz CT molecular complexity index is 2190. The molecule has 1 fully saturated rings. The highest BCUT2D eigenvalue weighted by Gasteiger charge is 2.36. The summed E-state index contributed by atoms with van der Waals surface area (Å²) in [7, 11) is -9.37. The first-order chi connectivity index (χ1) is 24.6. The maximum absolute atomic E-state index is 14.1. The highest BCUT2D eigenvalue weighted by molar-refractivity contribution is 7.84. The summed E-state index contributed by atoms with van der Waals surface area (Å²) in [6.07, 6.45) is 4.29. The Morgan fingerprint density at radius 1 is 1.15 bits per heavy atom. The van der Waals surface area contributed by atoms with Gasteiger partial charge in [-0.1, -0.05) is 24.1 Å². The zero-order chi connectivity index (χ0) is 37.4. The molecule has 4 aromatic rings. The summed E-state index contributed by atoms with van der Waals surface area (Å²) < 4.78 is 51.0. The molecule has 1 aliphatic carbocycles. The molecule has 0 saturated heterocycles. The number of aryl methyl sites for hydroxylation is 1. The fraction of sp³-hybridized carbons (Fsp3) is 0.333. The number of benzene rings is 2. The number of hydrogen-bond acceptors (Lipinski definition) is 12. The van der Waals surface area contributed by atoms with Gasteiger partial charge in [0.1, 0.15) is 18.2 Å². The molecule has 1 aliphatic heterocycles. The lowest BCUT2D eigenvalue weighted by atomic mass is 9.82. The Morgan fingerprint density at radius 3 is 2.67 bits per heavy atom. The Labute approximate surface area is 307 Å². The van der Waals surface area contributed by atoms with Gasteiger partial charge in [0.2, 0.25) is 5.78 Å². The number of hydrogen-bond donors (Lipinski definition) is 5. The fourth-order valence-electron chi connectivity index (χ4n) is 6.89. The molecule has 2 unspecified atom stereocenters. The minimum absolute atomic E-state index is 0.0330. The van der Waals surface area contributed by atoms with Crippen molar-refractivity contribution < 1.29 is 50.9 Å². The number of carboxylic acids is 1. The van der Waals surface area contributed by atoms with Gasteiger partial charge in [-0.15, -0.1) is 11.3 Å². The zero-order valence-electron chi connectivity index (χ0n) is 27.5. The number of fused-ring (bicyclic) bond motifs is 1. The molecule has 2 aliphatic rings. The highest BCUT2D eigenvalue weighted by atomic mass is 35.5. The maximum atomic E-state index is 14.1. The first-order valence-electron chi connectivity index (χ1n) is 16.0. The molecule has 3 heterocycles. The molecule has 52 heavy (non-hydrogen) atoms. The van der Waals surface area contributed by atoms with Crippen LogP contribution in [-0.2, 0) is 41.3 Å². The molecule has 0 radical (unpaired) electrons. The minimum Gasteiger partial charge on any atom is -0.478 e. The Hall–Kier alpha value is -3.61. The summed E-state index contributed by atoms with van der Waals surface area (Å²) in [5.41, 5.74) is 3.10. The summed E-state index contributed by atoms with van der Waals surface area (Å²) in [4.78, 5) is 55.5. The van der Waals surface area contributed by atoms with Gasteiger partial charge in [-0.2, -0.15) is 8.42 Å². The van der Waals surface area contributed by atoms with Crippen molar-refractivity contribution in [3.63, 3.8) is 0 Å². The number of thiophene rings is 1. The third-order valence-corrected chi connectivity index (χ3v) is 11.4. The van der Waals surface area contributed by atoms with Gasteiger partial charge in [0.05, 0.1) is 35.8 Å². The van der Waals surface area contributed by atoms with Gasteiger partial charge in [0, 0.05) is 27.3 Å². The number of ketones is 1. The molecule has 1 saturated carbocycles. The molecule has 276 valence electrons. The minimum atomic E-state index is -5.07. The number of nitrogens with zero attached hydrogens (tertiary/aromatic N) is 2. The lowest BCUT2D eigenvalue weighted by molar-refractivity contribution is 0.0691. The first kappa shape index (κ1) is 38.1. The number of carbonyl (C=O) groups is 2. The summed E-state index contributed by atoms with van der Waals surface area (Å²) in [6, 6.07) is 10.1. The van der Waals surface area contributed by atoms with Gasteiger partial charge in [-0.25, -0.2) is 24.5 Å². The average molecular weight is 793 g/mol. The van der Waals surface area contributed by atoms with Crippen molar-refractivity contribution in [3.05, 3.63) is 103 Å². The van der Waals surface area contributed by atoms with Crippen molar-refractivity contribution >= 4 is 64.3 Å². The number of aromatic nitrogens is 2. The molecular weight excluding hydrogens is 759 g/mol. The zero-order valence-corrected chi connectivity index (χ0v) is 30.8. The number of ether oxygens (including phenoxy) is 1. The summed E-state index contributed by atoms with van der Waals surface area (Å²) in [5, 5.41) is 18.9. The van der Waals surface area contributed by atoms with E-state index in [1.807, 2.05) is 25.1 Å². The molecule has 15 nitrogen and oxygen atoms in total. The molecule has 0 bridgehead atoms. The molecule has 2 aromatic carbocycles. The summed E-state index contributed by atoms with van der Waals surface area (Å²) in [5.74, 6) is -2.85. The van der Waals surface area contributed by atoms with Crippen LogP contribution in [0.5, 0.6) is 0 Å². The summed E-state index contributed by atoms with van der Waals surface area (Å²) in [6.45, 7) is 1.31. The second kappa shape index (κ2) is 15.4. The lowest BCUT2D eigenvalue weighted by Crippen LogP contribution is -2.23. The standard InChI is InChI=1S/C33H34ClN4O11PS2/c1-17-23(31-24-11-20(34)6-5-18(24)9-10-47-31)12-28(51-17)30(39)25-13-36-16-37-32(25)38-27-8-7-22(33(40)41)29(26(27)15-48-50(42,43)44)21-4-2-3-19(21)14-49-52(35,45)46/h5-8,11-13,16,19,21,31H,2-4,9-10,14-15H2,1H3,(H,40,41)(H2,35,45,46)(H,36,37,38)(H2,42,43,44)/t19?,21?,31-/m0/s1. The van der Waals surface area contributed by atoms with Crippen molar-refractivity contribution in [1.82, 2.24) is 9.97 Å². The molecule has 3 atom stereocenters. The van der Waals surface area contributed by atoms with Crippen LogP contribution >= 0.6 is 30.8 Å². The number of nitrogens with one attached hydrogen (secondary N) is 1. The second-order valence-corrected chi connectivity index (χ2v) is 16.6. The quantitative estimate of drug-likeness (QED) is 0.0825. The van der Waals surface area contributed by atoms with E-state index in [1.165, 1.54) is 36.0 Å². The number of halogens is 1. The average Bonchev–Trinajstić information content (AvgIpc) is 3.71. The van der Waals surface area contributed by atoms with Crippen LogP contribution in [0.4, 0.5) is 11.5 Å². The van der Waals surface area contributed by atoms with Crippen molar-refractivity contribution in [2.45, 2.75) is 51.2 Å². The normalized spacial score (nSPS) is 19.0. The van der Waals surface area contributed by atoms with E-state index in [1.54, 1.807) is 6.07 Å². The van der Waals surface area contributed by atoms with Gasteiger partial charge >= 0.3 is 24.1 Å². The van der Waals surface area contributed by atoms with E-state index >= 15 is 0 Å². The van der Waals surface area contributed by atoms with E-state index in [9.17, 15) is 37.5 Å². The van der Waals surface area contributed by atoms with Crippen molar-refractivity contribution in [3.8, 4) is 0 Å². The van der Waals surface area contributed by atoms with E-state index < -0.39 is 54.4 Å². The van der Waals surface area contributed by atoms with E-state index in [-0.39, 0.29) is 40.4 Å². The first-order valence-corrected chi connectivity index (χ1v) is 20.2. The number of phosphoric ester groups is 1. The SMILES string of the molecule is Cc1sc(C(=O)c2cncnc2Nc2ccc(C(=O)O)c(C3CCCC3COS(N)(=O)=O)c2COP(=O)(O)O)cc1[C@@H]1OCCc2ccc(Cl)cc21. The Balaban J connectivity index is 1.38. The molecule has 0 spiro atoms. The van der Waals surface area contributed by atoms with Crippen LogP contribution in [0.3, 0.4) is 0 Å². The lowest BCUT2D eigenvalue weighted by Gasteiger charge is -2.26. The number of phosphoric acid groups is 1. The smallest absolute Gasteiger partial charge is 0.469 e. The van der Waals surface area contributed by atoms with Crippen molar-refractivity contribution in [2.75, 3.05) is 18.5 Å². The Kier molecular flexibility index (Phi) is 11.3. The van der Waals surface area contributed by atoms with E-state index in [4.69, 9.17) is 30.2 Å². The summed E-state index contributed by atoms with van der Waals surface area (Å²) >= 11 is 7.58. The third-order valence-electron chi connectivity index (χ3n) is 9.16. The van der Waals surface area contributed by atoms with Crippen molar-refractivity contribution in [2.24, 2.45) is 11.1 Å². The number of carbonyl (C=O) groups excluding carboxylic acids is 1. The second-order valence-electron chi connectivity index (χ2n) is 12.4. The molecule has 2 aromatic heterocycles. The Morgan fingerprint density at radius 2 is 1.94 bits per heavy atom. The van der Waals surface area contributed by atoms with Gasteiger partial charge in [-0.3, -0.25) is 13.5 Å². The van der Waals surface area contributed by atoms with Crippen LogP contribution in [0.1, 0.15) is 89.6 Å². The molecule has 0 amide bonds. The number of anilines is 2. The topological polar surface area (TPSA) is 238 Å². The maximum Gasteiger partial charge on any atom is 0.469 e. The van der Waals surface area contributed by atoms with Crippen LogP contribution < -0.4 is 10.5 Å². The van der Waals surface area contributed by atoms with Crippen LogP contribution in [-0.4, -0.2) is 58.2 Å².